The monoisotopic (exact) mass is 267 g/mol. The predicted molar refractivity (Wildman–Crippen MR) is 76.5 cm³/mol. The third kappa shape index (κ3) is 6.38. The largest absolute Gasteiger partial charge is 0.475 e. The summed E-state index contributed by atoms with van der Waals surface area (Å²) in [5.41, 5.74) is 0.839. The summed E-state index contributed by atoms with van der Waals surface area (Å²) >= 11 is 0. The molecule has 0 amide bonds. The number of ether oxygens (including phenoxy) is 1. The molecule has 1 heterocycles. The Morgan fingerprint density at radius 1 is 1.26 bits per heavy atom. The zero-order valence-electron chi connectivity index (χ0n) is 12.5. The van der Waals surface area contributed by atoms with E-state index in [4.69, 9.17) is 4.74 Å². The quantitative estimate of drug-likeness (QED) is 0.794. The zero-order valence-corrected chi connectivity index (χ0v) is 12.5. The Morgan fingerprint density at radius 3 is 2.53 bits per heavy atom. The third-order valence-corrected chi connectivity index (χ3v) is 2.43. The van der Waals surface area contributed by atoms with Crippen molar-refractivity contribution in [2.75, 3.05) is 11.9 Å². The second-order valence-corrected chi connectivity index (χ2v) is 5.50. The van der Waals surface area contributed by atoms with Crippen LogP contribution >= 0.6 is 0 Å². The average Bonchev–Trinajstić information content (AvgIpc) is 2.23. The van der Waals surface area contributed by atoms with Gasteiger partial charge in [0.2, 0.25) is 11.8 Å². The van der Waals surface area contributed by atoms with Crippen molar-refractivity contribution in [1.29, 1.82) is 0 Å². The van der Waals surface area contributed by atoms with Gasteiger partial charge in [-0.3, -0.25) is 0 Å². The number of aromatic nitrogens is 2. The highest BCUT2D eigenvalue weighted by molar-refractivity contribution is 5.30. The summed E-state index contributed by atoms with van der Waals surface area (Å²) in [6.45, 7) is 10.4. The molecule has 2 N–H and O–H groups in total. The van der Waals surface area contributed by atoms with Crippen LogP contribution in [0.3, 0.4) is 0 Å². The summed E-state index contributed by atoms with van der Waals surface area (Å²) in [5, 5.41) is 12.9. The van der Waals surface area contributed by atoms with Crippen LogP contribution in [0.15, 0.2) is 6.07 Å². The molecule has 1 unspecified atom stereocenters. The molecule has 1 rings (SSSR count). The van der Waals surface area contributed by atoms with Crippen molar-refractivity contribution in [2.24, 2.45) is 5.92 Å². The molecular formula is C14H25N3O2. The molecule has 1 aromatic heterocycles. The number of hydrogen-bond acceptors (Lipinski definition) is 5. The molecule has 5 heteroatoms. The fourth-order valence-electron chi connectivity index (χ4n) is 1.76. The van der Waals surface area contributed by atoms with Crippen molar-refractivity contribution in [3.63, 3.8) is 0 Å². The second-order valence-electron chi connectivity index (χ2n) is 5.50. The summed E-state index contributed by atoms with van der Waals surface area (Å²) in [5.74, 6) is 1.52. The molecular weight excluding hydrogens is 242 g/mol. The highest BCUT2D eigenvalue weighted by atomic mass is 16.5. The van der Waals surface area contributed by atoms with E-state index < -0.39 is 6.10 Å². The van der Waals surface area contributed by atoms with Crippen LogP contribution in [0.1, 0.15) is 39.8 Å². The number of aliphatic hydroxyl groups is 1. The van der Waals surface area contributed by atoms with Crippen molar-refractivity contribution >= 4 is 5.95 Å². The zero-order chi connectivity index (χ0) is 14.4. The van der Waals surface area contributed by atoms with Crippen molar-refractivity contribution in [2.45, 2.75) is 53.2 Å². The van der Waals surface area contributed by atoms with Crippen molar-refractivity contribution < 1.29 is 9.84 Å². The number of nitrogens with zero attached hydrogens (tertiary/aromatic N) is 2. The molecule has 0 fully saturated rings. The number of nitrogens with one attached hydrogen (secondary N) is 1. The maximum absolute atomic E-state index is 9.82. The van der Waals surface area contributed by atoms with Crippen LogP contribution in [0.4, 0.5) is 5.95 Å². The maximum Gasteiger partial charge on any atom is 0.226 e. The van der Waals surface area contributed by atoms with Crippen LogP contribution in [-0.4, -0.2) is 33.8 Å². The Balaban J connectivity index is 2.60. The minimum absolute atomic E-state index is 0.0775. The van der Waals surface area contributed by atoms with E-state index in [0.29, 0.717) is 24.3 Å². The molecule has 0 bridgehead atoms. The minimum Gasteiger partial charge on any atom is -0.475 e. The topological polar surface area (TPSA) is 67.3 Å². The van der Waals surface area contributed by atoms with Gasteiger partial charge in [-0.25, -0.2) is 4.98 Å². The summed E-state index contributed by atoms with van der Waals surface area (Å²) < 4.78 is 5.55. The van der Waals surface area contributed by atoms with E-state index in [0.717, 1.165) is 12.1 Å². The summed E-state index contributed by atoms with van der Waals surface area (Å²) in [6, 6.07) is 1.80. The standard InChI is InChI=1S/C14H25N3O2/c1-9(2)6-12(18)8-15-14-16-11(5)7-13(17-14)19-10(3)4/h7,9-10,12,18H,6,8H2,1-5H3,(H,15,16,17). The highest BCUT2D eigenvalue weighted by Crippen LogP contribution is 2.14. The molecule has 108 valence electrons. The first kappa shape index (κ1) is 15.7. The number of anilines is 1. The van der Waals surface area contributed by atoms with Gasteiger partial charge in [0, 0.05) is 18.3 Å². The molecule has 1 aromatic rings. The minimum atomic E-state index is -0.390. The Hall–Kier alpha value is -1.36. The Bertz CT molecular complexity index is 394. The summed E-state index contributed by atoms with van der Waals surface area (Å²) in [7, 11) is 0. The van der Waals surface area contributed by atoms with E-state index in [1.165, 1.54) is 0 Å². The lowest BCUT2D eigenvalue weighted by Gasteiger charge is -2.15. The van der Waals surface area contributed by atoms with E-state index in [1.807, 2.05) is 20.8 Å². The van der Waals surface area contributed by atoms with Gasteiger partial charge in [0.1, 0.15) is 0 Å². The van der Waals surface area contributed by atoms with Crippen LogP contribution in [-0.2, 0) is 0 Å². The molecule has 0 saturated heterocycles. The summed E-state index contributed by atoms with van der Waals surface area (Å²) in [6.07, 6.45) is 0.445. The van der Waals surface area contributed by atoms with Gasteiger partial charge in [-0.2, -0.15) is 4.98 Å². The van der Waals surface area contributed by atoms with Crippen LogP contribution < -0.4 is 10.1 Å². The first-order valence-corrected chi connectivity index (χ1v) is 6.81. The normalized spacial score (nSPS) is 12.8. The van der Waals surface area contributed by atoms with Gasteiger partial charge in [0.15, 0.2) is 0 Å². The van der Waals surface area contributed by atoms with Gasteiger partial charge in [0.05, 0.1) is 12.2 Å². The SMILES string of the molecule is Cc1cc(OC(C)C)nc(NCC(O)CC(C)C)n1. The van der Waals surface area contributed by atoms with E-state index >= 15 is 0 Å². The van der Waals surface area contributed by atoms with E-state index in [1.54, 1.807) is 6.07 Å². The van der Waals surface area contributed by atoms with Gasteiger partial charge in [-0.1, -0.05) is 13.8 Å². The van der Waals surface area contributed by atoms with Crippen LogP contribution in [0.5, 0.6) is 5.88 Å². The van der Waals surface area contributed by atoms with Gasteiger partial charge >= 0.3 is 0 Å². The fraction of sp³-hybridized carbons (Fsp3) is 0.714. The molecule has 1 atom stereocenters. The van der Waals surface area contributed by atoms with Crippen LogP contribution in [0.2, 0.25) is 0 Å². The van der Waals surface area contributed by atoms with Crippen molar-refractivity contribution in [1.82, 2.24) is 9.97 Å². The fourth-order valence-corrected chi connectivity index (χ4v) is 1.76. The van der Waals surface area contributed by atoms with Crippen LogP contribution in [0, 0.1) is 12.8 Å². The molecule has 0 spiro atoms. The van der Waals surface area contributed by atoms with Gasteiger partial charge in [-0.05, 0) is 33.1 Å². The number of rotatable bonds is 7. The van der Waals surface area contributed by atoms with Gasteiger partial charge in [-0.15, -0.1) is 0 Å². The molecule has 0 saturated carbocycles. The first-order valence-electron chi connectivity index (χ1n) is 6.81. The lowest BCUT2D eigenvalue weighted by molar-refractivity contribution is 0.161. The van der Waals surface area contributed by atoms with Crippen molar-refractivity contribution in [3.8, 4) is 5.88 Å². The molecule has 5 nitrogen and oxygen atoms in total. The van der Waals surface area contributed by atoms with Gasteiger partial charge in [0.25, 0.3) is 0 Å². The van der Waals surface area contributed by atoms with Gasteiger partial charge < -0.3 is 15.2 Å². The lowest BCUT2D eigenvalue weighted by Crippen LogP contribution is -2.22. The maximum atomic E-state index is 9.82. The van der Waals surface area contributed by atoms with E-state index in [2.05, 4.69) is 29.1 Å². The molecule has 0 aliphatic heterocycles. The highest BCUT2D eigenvalue weighted by Gasteiger charge is 2.09. The molecule has 19 heavy (non-hydrogen) atoms. The number of aliphatic hydroxyl groups excluding tert-OH is 1. The Morgan fingerprint density at radius 2 is 1.95 bits per heavy atom. The van der Waals surface area contributed by atoms with E-state index in [-0.39, 0.29) is 6.10 Å². The summed E-state index contributed by atoms with van der Waals surface area (Å²) in [4.78, 5) is 8.55. The van der Waals surface area contributed by atoms with E-state index in [9.17, 15) is 5.11 Å². The lowest BCUT2D eigenvalue weighted by atomic mass is 10.1. The third-order valence-electron chi connectivity index (χ3n) is 2.43. The average molecular weight is 267 g/mol. The molecule has 0 aliphatic carbocycles. The number of aryl methyl sites for hydroxylation is 1. The first-order chi connectivity index (χ1) is 8.86. The molecule has 0 aromatic carbocycles. The Labute approximate surface area is 115 Å². The number of hydrogen-bond donors (Lipinski definition) is 2. The van der Waals surface area contributed by atoms with Crippen LogP contribution in [0.25, 0.3) is 0 Å². The Kier molecular flexibility index (Phi) is 6.02. The molecule has 0 aliphatic rings. The second kappa shape index (κ2) is 7.28. The van der Waals surface area contributed by atoms with Crippen molar-refractivity contribution in [3.05, 3.63) is 11.8 Å². The molecule has 0 radical (unpaired) electrons. The smallest absolute Gasteiger partial charge is 0.226 e. The predicted octanol–water partition coefficient (Wildman–Crippen LogP) is 2.39.